The van der Waals surface area contributed by atoms with Crippen LogP contribution in [0, 0.1) is 23.7 Å². The van der Waals surface area contributed by atoms with E-state index in [2.05, 4.69) is 6.92 Å². The van der Waals surface area contributed by atoms with Crippen LogP contribution >= 0.6 is 0 Å². The van der Waals surface area contributed by atoms with E-state index in [0.29, 0.717) is 0 Å². The highest BCUT2D eigenvalue weighted by molar-refractivity contribution is 4.89. The molecule has 0 aromatic rings. The highest BCUT2D eigenvalue weighted by Gasteiger charge is 2.37. The van der Waals surface area contributed by atoms with Gasteiger partial charge in [-0.1, -0.05) is 45.4 Å². The molecule has 0 saturated heterocycles. The Kier molecular flexibility index (Phi) is 7.26. The summed E-state index contributed by atoms with van der Waals surface area (Å²) in [5.41, 5.74) is -0.356. The third kappa shape index (κ3) is 5.70. The van der Waals surface area contributed by atoms with Crippen LogP contribution in [0.5, 0.6) is 0 Å². The molecule has 3 aliphatic rings. The first kappa shape index (κ1) is 19.7. The van der Waals surface area contributed by atoms with Gasteiger partial charge in [-0.3, -0.25) is 0 Å². The molecule has 0 aliphatic heterocycles. The first-order chi connectivity index (χ1) is 12.1. The van der Waals surface area contributed by atoms with Crippen LogP contribution < -0.4 is 0 Å². The van der Waals surface area contributed by atoms with Crippen molar-refractivity contribution in [3.63, 3.8) is 0 Å². The van der Waals surface area contributed by atoms with Crippen LogP contribution in [0.3, 0.4) is 0 Å². The Morgan fingerprint density at radius 2 is 1.24 bits per heavy atom. The van der Waals surface area contributed by atoms with Crippen molar-refractivity contribution in [2.75, 3.05) is 0 Å². The van der Waals surface area contributed by atoms with E-state index in [1.54, 1.807) is 0 Å². The van der Waals surface area contributed by atoms with Gasteiger partial charge in [-0.25, -0.2) is 0 Å². The lowest BCUT2D eigenvalue weighted by Crippen LogP contribution is -2.37. The SMILES string of the molecule is CCCC1CCC(CCC2(O)CCC(C3CCC(O)CC3)CC2)CC1. The molecule has 3 fully saturated rings. The largest absolute Gasteiger partial charge is 0.393 e. The number of hydrogen-bond acceptors (Lipinski definition) is 2. The zero-order valence-corrected chi connectivity index (χ0v) is 16.6. The van der Waals surface area contributed by atoms with Gasteiger partial charge in [0.05, 0.1) is 11.7 Å². The fourth-order valence-electron chi connectivity index (χ4n) is 6.16. The number of aliphatic hydroxyl groups is 2. The van der Waals surface area contributed by atoms with Gasteiger partial charge >= 0.3 is 0 Å². The van der Waals surface area contributed by atoms with Crippen LogP contribution in [-0.2, 0) is 0 Å². The zero-order valence-electron chi connectivity index (χ0n) is 16.6. The number of hydrogen-bond donors (Lipinski definition) is 2. The van der Waals surface area contributed by atoms with Crippen LogP contribution in [0.4, 0.5) is 0 Å². The number of rotatable bonds is 6. The lowest BCUT2D eigenvalue weighted by molar-refractivity contribution is -0.0351. The smallest absolute Gasteiger partial charge is 0.0648 e. The van der Waals surface area contributed by atoms with Crippen LogP contribution in [0.2, 0.25) is 0 Å². The van der Waals surface area contributed by atoms with Gasteiger partial charge in [-0.2, -0.15) is 0 Å². The van der Waals surface area contributed by atoms with Crippen LogP contribution in [0.1, 0.15) is 110 Å². The fraction of sp³-hybridized carbons (Fsp3) is 1.00. The molecule has 0 bridgehead atoms. The van der Waals surface area contributed by atoms with Crippen LogP contribution in [0.15, 0.2) is 0 Å². The summed E-state index contributed by atoms with van der Waals surface area (Å²) >= 11 is 0. The lowest BCUT2D eigenvalue weighted by atomic mass is 9.67. The minimum absolute atomic E-state index is 0.0378. The molecular formula is C23H42O2. The number of aliphatic hydroxyl groups excluding tert-OH is 1. The van der Waals surface area contributed by atoms with E-state index in [9.17, 15) is 10.2 Å². The average Bonchev–Trinajstić information content (AvgIpc) is 2.63. The Labute approximate surface area is 155 Å². The van der Waals surface area contributed by atoms with E-state index in [-0.39, 0.29) is 11.7 Å². The second-order valence-corrected chi connectivity index (χ2v) is 9.84. The Balaban J connectivity index is 1.35. The summed E-state index contributed by atoms with van der Waals surface area (Å²) < 4.78 is 0. The molecule has 0 atom stereocenters. The molecule has 3 aliphatic carbocycles. The van der Waals surface area contributed by atoms with Crippen molar-refractivity contribution in [2.45, 2.75) is 121 Å². The van der Waals surface area contributed by atoms with Gasteiger partial charge in [0, 0.05) is 0 Å². The van der Waals surface area contributed by atoms with Crippen LogP contribution in [0.25, 0.3) is 0 Å². The Morgan fingerprint density at radius 3 is 1.80 bits per heavy atom. The van der Waals surface area contributed by atoms with E-state index >= 15 is 0 Å². The van der Waals surface area contributed by atoms with Crippen molar-refractivity contribution >= 4 is 0 Å². The summed E-state index contributed by atoms with van der Waals surface area (Å²) in [6.45, 7) is 2.31. The van der Waals surface area contributed by atoms with Gasteiger partial charge < -0.3 is 10.2 Å². The molecule has 0 spiro atoms. The molecule has 25 heavy (non-hydrogen) atoms. The maximum absolute atomic E-state index is 11.1. The summed E-state index contributed by atoms with van der Waals surface area (Å²) in [7, 11) is 0. The Morgan fingerprint density at radius 1 is 0.720 bits per heavy atom. The summed E-state index contributed by atoms with van der Waals surface area (Å²) in [6.07, 6.45) is 19.7. The minimum Gasteiger partial charge on any atom is -0.393 e. The predicted molar refractivity (Wildman–Crippen MR) is 104 cm³/mol. The average molecular weight is 351 g/mol. The van der Waals surface area contributed by atoms with Crippen molar-refractivity contribution in [1.29, 1.82) is 0 Å². The van der Waals surface area contributed by atoms with E-state index in [4.69, 9.17) is 0 Å². The topological polar surface area (TPSA) is 40.5 Å². The van der Waals surface area contributed by atoms with Crippen molar-refractivity contribution < 1.29 is 10.2 Å². The second kappa shape index (κ2) is 9.22. The van der Waals surface area contributed by atoms with E-state index in [1.807, 2.05) is 0 Å². The normalized spacial score (nSPS) is 43.1. The van der Waals surface area contributed by atoms with Crippen molar-refractivity contribution in [1.82, 2.24) is 0 Å². The van der Waals surface area contributed by atoms with E-state index in [0.717, 1.165) is 55.8 Å². The summed E-state index contributed by atoms with van der Waals surface area (Å²) in [6, 6.07) is 0. The highest BCUT2D eigenvalue weighted by atomic mass is 16.3. The molecular weight excluding hydrogens is 308 g/mol. The first-order valence-electron chi connectivity index (χ1n) is 11.5. The van der Waals surface area contributed by atoms with Crippen LogP contribution in [-0.4, -0.2) is 21.9 Å². The van der Waals surface area contributed by atoms with Crippen molar-refractivity contribution in [2.24, 2.45) is 23.7 Å². The zero-order chi connectivity index (χ0) is 17.7. The molecule has 0 heterocycles. The first-order valence-corrected chi connectivity index (χ1v) is 11.5. The molecule has 3 rings (SSSR count). The Hall–Kier alpha value is -0.0800. The standard InChI is InChI=1S/C23H42O2/c1-2-3-18-4-6-19(7-5-18)12-15-23(25)16-13-21(14-17-23)20-8-10-22(24)11-9-20/h18-22,24-25H,2-17H2,1H3. The molecule has 146 valence electrons. The molecule has 0 aromatic carbocycles. The molecule has 2 heteroatoms. The van der Waals surface area contributed by atoms with Gasteiger partial charge in [-0.15, -0.1) is 0 Å². The lowest BCUT2D eigenvalue weighted by Gasteiger charge is -2.41. The molecule has 0 aromatic heterocycles. The quantitative estimate of drug-likeness (QED) is 0.631. The Bertz CT molecular complexity index is 370. The van der Waals surface area contributed by atoms with Gasteiger partial charge in [0.25, 0.3) is 0 Å². The van der Waals surface area contributed by atoms with E-state index < -0.39 is 0 Å². The monoisotopic (exact) mass is 350 g/mol. The van der Waals surface area contributed by atoms with Gasteiger partial charge in [0.2, 0.25) is 0 Å². The third-order valence-electron chi connectivity index (χ3n) is 8.05. The molecule has 2 N–H and O–H groups in total. The predicted octanol–water partition coefficient (Wildman–Crippen LogP) is 5.85. The maximum Gasteiger partial charge on any atom is 0.0648 e. The summed E-state index contributed by atoms with van der Waals surface area (Å²) in [4.78, 5) is 0. The highest BCUT2D eigenvalue weighted by Crippen LogP contribution is 2.44. The third-order valence-corrected chi connectivity index (χ3v) is 8.05. The van der Waals surface area contributed by atoms with Gasteiger partial charge in [0.1, 0.15) is 0 Å². The maximum atomic E-state index is 11.1. The van der Waals surface area contributed by atoms with E-state index in [1.165, 1.54) is 70.6 Å². The molecule has 3 saturated carbocycles. The molecule has 2 nitrogen and oxygen atoms in total. The molecule has 0 amide bonds. The van der Waals surface area contributed by atoms with Gasteiger partial charge in [0.15, 0.2) is 0 Å². The van der Waals surface area contributed by atoms with Crippen molar-refractivity contribution in [3.05, 3.63) is 0 Å². The summed E-state index contributed by atoms with van der Waals surface area (Å²) in [5, 5.41) is 20.8. The molecule has 0 radical (unpaired) electrons. The fourth-order valence-corrected chi connectivity index (χ4v) is 6.16. The second-order valence-electron chi connectivity index (χ2n) is 9.84. The summed E-state index contributed by atoms with van der Waals surface area (Å²) in [5.74, 6) is 3.52. The van der Waals surface area contributed by atoms with Crippen molar-refractivity contribution in [3.8, 4) is 0 Å². The van der Waals surface area contributed by atoms with Gasteiger partial charge in [-0.05, 0) is 87.9 Å². The molecule has 0 unspecified atom stereocenters. The minimum atomic E-state index is -0.356.